The van der Waals surface area contributed by atoms with E-state index < -0.39 is 10.1 Å². The third kappa shape index (κ3) is 2.02. The Balaban J connectivity index is 3.58. The molecule has 76 valence electrons. The number of aryl methyl sites for hydroxylation is 1. The first-order valence-electron chi connectivity index (χ1n) is 4.21. The highest BCUT2D eigenvalue weighted by Gasteiger charge is 2.10. The predicted octanol–water partition coefficient (Wildman–Crippen LogP) is 1.80. The van der Waals surface area contributed by atoms with E-state index in [0.29, 0.717) is 17.5 Å². The van der Waals surface area contributed by atoms with Gasteiger partial charge in [-0.05, 0) is 17.5 Å². The highest BCUT2D eigenvalue weighted by molar-refractivity contribution is 7.85. The first kappa shape index (κ1) is 10.9. The molecule has 0 atom stereocenters. The van der Waals surface area contributed by atoms with E-state index in [1.165, 1.54) is 6.08 Å². The first-order valence-corrected chi connectivity index (χ1v) is 5.61. The molecule has 0 aromatic heterocycles. The molecule has 3 nitrogen and oxygen atoms in total. The SMILES string of the molecule is C=Cc1cccc(CC)c1S(=O)(=O)[O-]. The fourth-order valence-electron chi connectivity index (χ4n) is 1.35. The van der Waals surface area contributed by atoms with Crippen LogP contribution in [0.4, 0.5) is 0 Å². The van der Waals surface area contributed by atoms with E-state index in [1.54, 1.807) is 25.1 Å². The number of rotatable bonds is 3. The summed E-state index contributed by atoms with van der Waals surface area (Å²) in [7, 11) is -4.41. The van der Waals surface area contributed by atoms with Gasteiger partial charge < -0.3 is 4.55 Å². The molecule has 0 bridgehead atoms. The lowest BCUT2D eigenvalue weighted by molar-refractivity contribution is 0.462. The van der Waals surface area contributed by atoms with Crippen LogP contribution in [0.1, 0.15) is 18.1 Å². The second kappa shape index (κ2) is 3.94. The number of hydrogen-bond acceptors (Lipinski definition) is 3. The van der Waals surface area contributed by atoms with Gasteiger partial charge in [0.05, 0.1) is 4.90 Å². The molecule has 0 radical (unpaired) electrons. The molecule has 0 saturated heterocycles. The van der Waals surface area contributed by atoms with Crippen LogP contribution in [0, 0.1) is 0 Å². The van der Waals surface area contributed by atoms with Gasteiger partial charge in [0.25, 0.3) is 0 Å². The van der Waals surface area contributed by atoms with E-state index in [2.05, 4.69) is 6.58 Å². The van der Waals surface area contributed by atoms with Crippen molar-refractivity contribution in [1.29, 1.82) is 0 Å². The minimum absolute atomic E-state index is 0.141. The molecule has 0 N–H and O–H groups in total. The van der Waals surface area contributed by atoms with Gasteiger partial charge in [-0.2, -0.15) is 0 Å². The average molecular weight is 211 g/mol. The molecule has 1 aromatic rings. The van der Waals surface area contributed by atoms with Gasteiger partial charge in [-0.1, -0.05) is 37.8 Å². The van der Waals surface area contributed by atoms with Crippen LogP contribution >= 0.6 is 0 Å². The highest BCUT2D eigenvalue weighted by atomic mass is 32.2. The van der Waals surface area contributed by atoms with Crippen LogP contribution in [0.25, 0.3) is 6.08 Å². The van der Waals surface area contributed by atoms with E-state index in [1.807, 2.05) is 0 Å². The lowest BCUT2D eigenvalue weighted by Gasteiger charge is -2.14. The summed E-state index contributed by atoms with van der Waals surface area (Å²) in [6.07, 6.45) is 1.89. The lowest BCUT2D eigenvalue weighted by Crippen LogP contribution is -2.05. The van der Waals surface area contributed by atoms with E-state index >= 15 is 0 Å². The molecule has 0 heterocycles. The summed E-state index contributed by atoms with van der Waals surface area (Å²) >= 11 is 0. The van der Waals surface area contributed by atoms with Crippen LogP contribution in [0.5, 0.6) is 0 Å². The smallest absolute Gasteiger partial charge is 0.125 e. The predicted molar refractivity (Wildman–Crippen MR) is 53.9 cm³/mol. The molecule has 0 unspecified atom stereocenters. The minimum Gasteiger partial charge on any atom is -0.744 e. The first-order chi connectivity index (χ1) is 6.50. The molecule has 4 heteroatoms. The summed E-state index contributed by atoms with van der Waals surface area (Å²) in [5.41, 5.74) is 0.914. The normalized spacial score (nSPS) is 11.3. The molecule has 0 aliphatic rings. The maximum absolute atomic E-state index is 11.0. The molecule has 0 spiro atoms. The van der Waals surface area contributed by atoms with Crippen molar-refractivity contribution < 1.29 is 13.0 Å². The fraction of sp³-hybridized carbons (Fsp3) is 0.200. The van der Waals surface area contributed by atoms with Crippen LogP contribution in [0.3, 0.4) is 0 Å². The topological polar surface area (TPSA) is 57.2 Å². The van der Waals surface area contributed by atoms with Gasteiger partial charge in [0.1, 0.15) is 10.1 Å². The standard InChI is InChI=1S/C10H12O3S/c1-3-8-6-5-7-9(4-2)10(8)14(11,12)13/h3,5-7H,1,4H2,2H3,(H,11,12,13)/p-1. The van der Waals surface area contributed by atoms with Gasteiger partial charge in [0.2, 0.25) is 0 Å². The molecule has 1 aromatic carbocycles. The molecule has 1 rings (SSSR count). The van der Waals surface area contributed by atoms with Crippen molar-refractivity contribution in [3.8, 4) is 0 Å². The van der Waals surface area contributed by atoms with Crippen molar-refractivity contribution in [3.63, 3.8) is 0 Å². The largest absolute Gasteiger partial charge is 0.744 e. The third-order valence-electron chi connectivity index (χ3n) is 1.98. The van der Waals surface area contributed by atoms with Gasteiger partial charge in [-0.15, -0.1) is 0 Å². The average Bonchev–Trinajstić information content (AvgIpc) is 2.15. The lowest BCUT2D eigenvalue weighted by atomic mass is 10.1. The Morgan fingerprint density at radius 3 is 2.57 bits per heavy atom. The monoisotopic (exact) mass is 211 g/mol. The second-order valence-electron chi connectivity index (χ2n) is 2.85. The van der Waals surface area contributed by atoms with E-state index in [9.17, 15) is 13.0 Å². The van der Waals surface area contributed by atoms with E-state index in [0.717, 1.165) is 0 Å². The fourth-order valence-corrected chi connectivity index (χ4v) is 2.32. The maximum atomic E-state index is 11.0. The Morgan fingerprint density at radius 2 is 2.14 bits per heavy atom. The van der Waals surface area contributed by atoms with Gasteiger partial charge >= 0.3 is 0 Å². The molecular weight excluding hydrogens is 200 g/mol. The Hall–Kier alpha value is -1.13. The van der Waals surface area contributed by atoms with Gasteiger partial charge in [-0.3, -0.25) is 0 Å². The summed E-state index contributed by atoms with van der Waals surface area (Å²) < 4.78 is 33.0. The zero-order valence-electron chi connectivity index (χ0n) is 7.86. The molecule has 0 fully saturated rings. The summed E-state index contributed by atoms with van der Waals surface area (Å²) in [4.78, 5) is -0.141. The molecule has 0 aliphatic heterocycles. The Labute approximate surface area is 83.8 Å². The van der Waals surface area contributed by atoms with Crippen LogP contribution in [-0.4, -0.2) is 13.0 Å². The third-order valence-corrected chi connectivity index (χ3v) is 2.98. The van der Waals surface area contributed by atoms with Crippen molar-refractivity contribution >= 4 is 16.2 Å². The Bertz CT molecular complexity index is 446. The minimum atomic E-state index is -4.41. The van der Waals surface area contributed by atoms with Crippen molar-refractivity contribution in [3.05, 3.63) is 35.9 Å². The highest BCUT2D eigenvalue weighted by Crippen LogP contribution is 2.21. The second-order valence-corrected chi connectivity index (χ2v) is 4.16. The van der Waals surface area contributed by atoms with Crippen molar-refractivity contribution in [2.24, 2.45) is 0 Å². The van der Waals surface area contributed by atoms with Gasteiger partial charge in [-0.25, -0.2) is 8.42 Å². The number of hydrogen-bond donors (Lipinski definition) is 0. The molecule has 0 amide bonds. The quantitative estimate of drug-likeness (QED) is 0.716. The van der Waals surface area contributed by atoms with E-state index in [-0.39, 0.29) is 4.90 Å². The zero-order chi connectivity index (χ0) is 10.8. The molecule has 0 saturated carbocycles. The Kier molecular flexibility index (Phi) is 3.08. The van der Waals surface area contributed by atoms with Crippen LogP contribution < -0.4 is 0 Å². The molecular formula is C10H11O3S-. The van der Waals surface area contributed by atoms with Crippen molar-refractivity contribution in [1.82, 2.24) is 0 Å². The summed E-state index contributed by atoms with van der Waals surface area (Å²) in [5, 5.41) is 0. The van der Waals surface area contributed by atoms with Crippen LogP contribution in [0.15, 0.2) is 29.7 Å². The van der Waals surface area contributed by atoms with E-state index in [4.69, 9.17) is 0 Å². The molecule has 14 heavy (non-hydrogen) atoms. The summed E-state index contributed by atoms with van der Waals surface area (Å²) in [6.45, 7) is 5.28. The van der Waals surface area contributed by atoms with Gasteiger partial charge in [0, 0.05) is 0 Å². The maximum Gasteiger partial charge on any atom is 0.125 e. The van der Waals surface area contributed by atoms with Gasteiger partial charge in [0.15, 0.2) is 0 Å². The van der Waals surface area contributed by atoms with Crippen LogP contribution in [-0.2, 0) is 16.5 Å². The molecule has 0 aliphatic carbocycles. The van der Waals surface area contributed by atoms with Crippen molar-refractivity contribution in [2.75, 3.05) is 0 Å². The summed E-state index contributed by atoms with van der Waals surface area (Å²) in [5.74, 6) is 0. The zero-order valence-corrected chi connectivity index (χ0v) is 8.67. The Morgan fingerprint density at radius 1 is 1.50 bits per heavy atom. The number of benzene rings is 1. The summed E-state index contributed by atoms with van der Waals surface area (Å²) in [6, 6.07) is 4.92. The van der Waals surface area contributed by atoms with Crippen molar-refractivity contribution in [2.45, 2.75) is 18.2 Å². The van der Waals surface area contributed by atoms with Crippen LogP contribution in [0.2, 0.25) is 0 Å².